The van der Waals surface area contributed by atoms with Crippen molar-refractivity contribution in [3.8, 4) is 0 Å². The first-order chi connectivity index (χ1) is 9.02. The number of nitrogens with zero attached hydrogens (tertiary/aromatic N) is 2. The van der Waals surface area contributed by atoms with E-state index in [1.54, 1.807) is 4.90 Å². The second-order valence-corrected chi connectivity index (χ2v) is 4.84. The normalized spacial score (nSPS) is 20.4. The highest BCUT2D eigenvalue weighted by Gasteiger charge is 2.29. The third-order valence-corrected chi connectivity index (χ3v) is 3.49. The van der Waals surface area contributed by atoms with Crippen LogP contribution in [0.2, 0.25) is 0 Å². The third kappa shape index (κ3) is 2.77. The van der Waals surface area contributed by atoms with Crippen LogP contribution in [0.15, 0.2) is 4.52 Å². The Morgan fingerprint density at radius 3 is 2.74 bits per heavy atom. The van der Waals surface area contributed by atoms with Gasteiger partial charge in [-0.3, -0.25) is 9.59 Å². The number of hydrogen-bond donors (Lipinski definition) is 1. The highest BCUT2D eigenvalue weighted by Crippen LogP contribution is 2.17. The van der Waals surface area contributed by atoms with Gasteiger partial charge in [-0.2, -0.15) is 0 Å². The minimum atomic E-state index is -0.421. The quantitative estimate of drug-likeness (QED) is 0.881. The lowest BCUT2D eigenvalue weighted by molar-refractivity contribution is -0.134. The Kier molecular flexibility index (Phi) is 3.87. The van der Waals surface area contributed by atoms with Gasteiger partial charge >= 0.3 is 0 Å². The molecule has 0 aliphatic carbocycles. The molecule has 1 N–H and O–H groups in total. The number of aryl methyl sites for hydroxylation is 2. The standard InChI is InChI=1S/C13H19N3O3/c1-4-11-13(18)16(6-5-12(17)14-11)7-10-8(2)15-19-9(10)3/h11H,4-7H2,1-3H3,(H,14,17). The van der Waals surface area contributed by atoms with E-state index < -0.39 is 6.04 Å². The van der Waals surface area contributed by atoms with E-state index >= 15 is 0 Å². The lowest BCUT2D eigenvalue weighted by Gasteiger charge is -2.23. The number of amides is 2. The Morgan fingerprint density at radius 2 is 2.16 bits per heavy atom. The monoisotopic (exact) mass is 265 g/mol. The molecule has 2 rings (SSSR count). The fourth-order valence-corrected chi connectivity index (χ4v) is 2.25. The van der Waals surface area contributed by atoms with Gasteiger partial charge < -0.3 is 14.7 Å². The summed E-state index contributed by atoms with van der Waals surface area (Å²) in [4.78, 5) is 25.6. The van der Waals surface area contributed by atoms with Gasteiger partial charge in [-0.25, -0.2) is 0 Å². The number of nitrogens with one attached hydrogen (secondary N) is 1. The summed E-state index contributed by atoms with van der Waals surface area (Å²) in [6, 6.07) is -0.421. The summed E-state index contributed by atoms with van der Waals surface area (Å²) in [5, 5.41) is 6.64. The molecule has 6 nitrogen and oxygen atoms in total. The number of rotatable bonds is 3. The molecule has 104 valence electrons. The van der Waals surface area contributed by atoms with E-state index in [2.05, 4.69) is 10.5 Å². The largest absolute Gasteiger partial charge is 0.361 e. The van der Waals surface area contributed by atoms with E-state index in [1.807, 2.05) is 20.8 Å². The lowest BCUT2D eigenvalue weighted by Crippen LogP contribution is -2.44. The maximum atomic E-state index is 12.3. The molecule has 1 fully saturated rings. The van der Waals surface area contributed by atoms with Gasteiger partial charge in [0.1, 0.15) is 11.8 Å². The van der Waals surface area contributed by atoms with Gasteiger partial charge in [0.25, 0.3) is 0 Å². The molecule has 1 aliphatic rings. The van der Waals surface area contributed by atoms with Crippen molar-refractivity contribution in [3.05, 3.63) is 17.0 Å². The Morgan fingerprint density at radius 1 is 1.42 bits per heavy atom. The number of carbonyl (C=O) groups excluding carboxylic acids is 2. The summed E-state index contributed by atoms with van der Waals surface area (Å²) in [6.45, 7) is 6.46. The van der Waals surface area contributed by atoms with E-state index in [4.69, 9.17) is 4.52 Å². The maximum absolute atomic E-state index is 12.3. The second-order valence-electron chi connectivity index (χ2n) is 4.84. The number of hydrogen-bond acceptors (Lipinski definition) is 4. The molecule has 6 heteroatoms. The van der Waals surface area contributed by atoms with E-state index in [0.717, 1.165) is 17.0 Å². The van der Waals surface area contributed by atoms with Gasteiger partial charge in [0.05, 0.1) is 12.2 Å². The zero-order chi connectivity index (χ0) is 14.0. The molecule has 0 saturated carbocycles. The van der Waals surface area contributed by atoms with Crippen LogP contribution in [0, 0.1) is 13.8 Å². The zero-order valence-corrected chi connectivity index (χ0v) is 11.5. The number of carbonyl (C=O) groups is 2. The van der Waals surface area contributed by atoms with Crippen molar-refractivity contribution in [2.24, 2.45) is 0 Å². The molecule has 1 saturated heterocycles. The van der Waals surface area contributed by atoms with Crippen LogP contribution < -0.4 is 5.32 Å². The Labute approximate surface area is 112 Å². The van der Waals surface area contributed by atoms with Gasteiger partial charge in [-0.1, -0.05) is 12.1 Å². The molecular weight excluding hydrogens is 246 g/mol. The zero-order valence-electron chi connectivity index (χ0n) is 11.5. The summed E-state index contributed by atoms with van der Waals surface area (Å²) in [5.74, 6) is 0.622. The Bertz CT molecular complexity index is 476. The fourth-order valence-electron chi connectivity index (χ4n) is 2.25. The first kappa shape index (κ1) is 13.6. The smallest absolute Gasteiger partial charge is 0.245 e. The summed E-state index contributed by atoms with van der Waals surface area (Å²) in [5.41, 5.74) is 1.72. The molecule has 1 aromatic heterocycles. The molecule has 1 aliphatic heterocycles. The van der Waals surface area contributed by atoms with E-state index in [-0.39, 0.29) is 11.8 Å². The van der Waals surface area contributed by atoms with Gasteiger partial charge in [0, 0.05) is 18.5 Å². The van der Waals surface area contributed by atoms with Crippen molar-refractivity contribution < 1.29 is 14.1 Å². The lowest BCUT2D eigenvalue weighted by atomic mass is 10.1. The first-order valence-corrected chi connectivity index (χ1v) is 6.52. The average molecular weight is 265 g/mol. The summed E-state index contributed by atoms with van der Waals surface area (Å²) < 4.78 is 5.11. The number of aromatic nitrogens is 1. The molecule has 0 spiro atoms. The van der Waals surface area contributed by atoms with E-state index in [0.29, 0.717) is 25.9 Å². The van der Waals surface area contributed by atoms with E-state index in [9.17, 15) is 9.59 Å². The molecule has 2 heterocycles. The predicted octanol–water partition coefficient (Wildman–Crippen LogP) is 0.919. The van der Waals surface area contributed by atoms with Crippen molar-refractivity contribution in [2.75, 3.05) is 6.54 Å². The maximum Gasteiger partial charge on any atom is 0.245 e. The molecule has 1 aromatic rings. The second kappa shape index (κ2) is 5.42. The van der Waals surface area contributed by atoms with Crippen LogP contribution in [-0.4, -0.2) is 34.5 Å². The van der Waals surface area contributed by atoms with Crippen molar-refractivity contribution in [3.63, 3.8) is 0 Å². The molecule has 0 bridgehead atoms. The molecule has 1 atom stereocenters. The third-order valence-electron chi connectivity index (χ3n) is 3.49. The van der Waals surface area contributed by atoms with Crippen LogP contribution in [0.5, 0.6) is 0 Å². The van der Waals surface area contributed by atoms with Crippen LogP contribution in [-0.2, 0) is 16.1 Å². The van der Waals surface area contributed by atoms with Crippen LogP contribution in [0.4, 0.5) is 0 Å². The topological polar surface area (TPSA) is 75.4 Å². The summed E-state index contributed by atoms with van der Waals surface area (Å²) in [7, 11) is 0. The summed E-state index contributed by atoms with van der Waals surface area (Å²) >= 11 is 0. The van der Waals surface area contributed by atoms with Crippen LogP contribution in [0.25, 0.3) is 0 Å². The van der Waals surface area contributed by atoms with Gasteiger partial charge in [-0.05, 0) is 20.3 Å². The molecule has 2 amide bonds. The molecule has 0 aromatic carbocycles. The molecule has 0 radical (unpaired) electrons. The van der Waals surface area contributed by atoms with Crippen molar-refractivity contribution in [1.29, 1.82) is 0 Å². The Hall–Kier alpha value is -1.85. The molecule has 1 unspecified atom stereocenters. The fraction of sp³-hybridized carbons (Fsp3) is 0.615. The first-order valence-electron chi connectivity index (χ1n) is 6.52. The van der Waals surface area contributed by atoms with Crippen molar-refractivity contribution in [2.45, 2.75) is 46.2 Å². The van der Waals surface area contributed by atoms with Crippen molar-refractivity contribution in [1.82, 2.24) is 15.4 Å². The van der Waals surface area contributed by atoms with Crippen LogP contribution in [0.1, 0.15) is 36.8 Å². The van der Waals surface area contributed by atoms with Crippen molar-refractivity contribution >= 4 is 11.8 Å². The predicted molar refractivity (Wildman–Crippen MR) is 68.2 cm³/mol. The minimum absolute atomic E-state index is 0.0339. The molecule has 19 heavy (non-hydrogen) atoms. The average Bonchev–Trinajstić information content (AvgIpc) is 2.62. The summed E-state index contributed by atoms with van der Waals surface area (Å²) in [6.07, 6.45) is 0.939. The van der Waals surface area contributed by atoms with Gasteiger partial charge in [0.15, 0.2) is 0 Å². The van der Waals surface area contributed by atoms with Gasteiger partial charge in [-0.15, -0.1) is 0 Å². The highest BCUT2D eigenvalue weighted by molar-refractivity contribution is 5.89. The Balaban J connectivity index is 2.18. The van der Waals surface area contributed by atoms with E-state index in [1.165, 1.54) is 0 Å². The molecular formula is C13H19N3O3. The minimum Gasteiger partial charge on any atom is -0.361 e. The van der Waals surface area contributed by atoms with Crippen LogP contribution in [0.3, 0.4) is 0 Å². The van der Waals surface area contributed by atoms with Crippen LogP contribution >= 0.6 is 0 Å². The highest BCUT2D eigenvalue weighted by atomic mass is 16.5. The SMILES string of the molecule is CCC1NC(=O)CCN(Cc2c(C)noc2C)C1=O. The van der Waals surface area contributed by atoms with Gasteiger partial charge in [0.2, 0.25) is 11.8 Å².